The molecule has 130 valence electrons. The number of fused-ring (bicyclic) bond motifs is 3. The summed E-state index contributed by atoms with van der Waals surface area (Å²) < 4.78 is 19.9. The largest absolute Gasteiger partial charge is 0.439 e. The number of hydrogen-bond donors (Lipinski definition) is 1. The summed E-state index contributed by atoms with van der Waals surface area (Å²) in [5.41, 5.74) is 9.10. The van der Waals surface area contributed by atoms with Crippen LogP contribution < -0.4 is 10.5 Å². The highest BCUT2D eigenvalue weighted by atomic mass is 79.9. The Labute approximate surface area is 161 Å². The first-order valence-corrected chi connectivity index (χ1v) is 9.44. The quantitative estimate of drug-likeness (QED) is 0.588. The van der Waals surface area contributed by atoms with Gasteiger partial charge in [-0.05, 0) is 59.1 Å². The molecule has 1 aliphatic heterocycles. The number of ether oxygens (including phenoxy) is 1. The number of hydrogen-bond acceptors (Lipinski definition) is 5. The molecule has 1 unspecified atom stereocenters. The molecule has 3 heterocycles. The number of allylic oxidation sites excluding steroid dienone is 1. The lowest BCUT2D eigenvalue weighted by molar-refractivity contribution is 0.401. The van der Waals surface area contributed by atoms with Crippen molar-refractivity contribution in [3.8, 4) is 11.8 Å². The van der Waals surface area contributed by atoms with E-state index in [1.54, 1.807) is 12.1 Å². The maximum atomic E-state index is 13.7. The summed E-state index contributed by atoms with van der Waals surface area (Å²) in [6.45, 7) is 3.93. The molecule has 0 radical (unpaired) electrons. The SMILES string of the molecule is Cc1cc(C)c2c3c(sc2n1)C(c1ccc(F)c(Br)c1)C(C#N)=C(N)O3. The number of pyridine rings is 1. The number of nitriles is 1. The molecule has 0 fully saturated rings. The zero-order valence-corrected chi connectivity index (χ0v) is 16.3. The van der Waals surface area contributed by atoms with Gasteiger partial charge in [-0.25, -0.2) is 9.37 Å². The highest BCUT2D eigenvalue weighted by Crippen LogP contribution is 2.50. The van der Waals surface area contributed by atoms with Crippen LogP contribution in [0.15, 0.2) is 40.2 Å². The number of thiophene rings is 1. The smallest absolute Gasteiger partial charge is 0.205 e. The summed E-state index contributed by atoms with van der Waals surface area (Å²) in [4.78, 5) is 6.30. The summed E-state index contributed by atoms with van der Waals surface area (Å²) >= 11 is 4.70. The van der Waals surface area contributed by atoms with E-state index in [2.05, 4.69) is 27.0 Å². The van der Waals surface area contributed by atoms with Gasteiger partial charge < -0.3 is 10.5 Å². The molecular formula is C19H13BrFN3OS. The van der Waals surface area contributed by atoms with Crippen molar-refractivity contribution in [1.29, 1.82) is 5.26 Å². The molecule has 1 atom stereocenters. The Morgan fingerprint density at radius 3 is 2.81 bits per heavy atom. The van der Waals surface area contributed by atoms with Crippen LogP contribution in [-0.4, -0.2) is 4.98 Å². The van der Waals surface area contributed by atoms with Crippen molar-refractivity contribution in [3.63, 3.8) is 0 Å². The fraction of sp³-hybridized carbons (Fsp3) is 0.158. The average Bonchev–Trinajstić information content (AvgIpc) is 2.94. The first-order chi connectivity index (χ1) is 12.4. The Bertz CT molecular complexity index is 1150. The average molecular weight is 430 g/mol. The Hall–Kier alpha value is -2.43. The number of rotatable bonds is 1. The van der Waals surface area contributed by atoms with Crippen LogP contribution in [0.5, 0.6) is 5.75 Å². The summed E-state index contributed by atoms with van der Waals surface area (Å²) in [5.74, 6) is -0.0670. The van der Waals surface area contributed by atoms with Crippen LogP contribution in [0, 0.1) is 31.0 Å². The maximum Gasteiger partial charge on any atom is 0.205 e. The Morgan fingerprint density at radius 1 is 1.35 bits per heavy atom. The van der Waals surface area contributed by atoms with Gasteiger partial charge in [0.2, 0.25) is 5.88 Å². The Morgan fingerprint density at radius 2 is 2.12 bits per heavy atom. The topological polar surface area (TPSA) is 71.9 Å². The van der Waals surface area contributed by atoms with Gasteiger partial charge in [0.15, 0.2) is 5.75 Å². The van der Waals surface area contributed by atoms with Crippen LogP contribution in [0.2, 0.25) is 0 Å². The first-order valence-electron chi connectivity index (χ1n) is 7.84. The van der Waals surface area contributed by atoms with Crippen LogP contribution in [0.1, 0.15) is 27.6 Å². The Kier molecular flexibility index (Phi) is 3.98. The molecule has 1 aliphatic rings. The van der Waals surface area contributed by atoms with Gasteiger partial charge in [0.1, 0.15) is 22.3 Å². The third kappa shape index (κ3) is 2.49. The molecule has 2 N–H and O–H groups in total. The fourth-order valence-corrected chi connectivity index (χ4v) is 5.04. The molecular weight excluding hydrogens is 417 g/mol. The van der Waals surface area contributed by atoms with Crippen LogP contribution in [0.25, 0.3) is 10.2 Å². The lowest BCUT2D eigenvalue weighted by atomic mass is 9.88. The maximum absolute atomic E-state index is 13.7. The third-order valence-electron chi connectivity index (χ3n) is 4.39. The molecule has 3 aromatic rings. The van der Waals surface area contributed by atoms with Crippen LogP contribution in [-0.2, 0) is 0 Å². The van der Waals surface area contributed by atoms with Crippen LogP contribution in [0.4, 0.5) is 4.39 Å². The van der Waals surface area contributed by atoms with Gasteiger partial charge in [-0.15, -0.1) is 11.3 Å². The second kappa shape index (κ2) is 6.08. The molecule has 0 saturated heterocycles. The van der Waals surface area contributed by atoms with Crippen LogP contribution >= 0.6 is 27.3 Å². The van der Waals surface area contributed by atoms with Crippen molar-refractivity contribution in [2.45, 2.75) is 19.8 Å². The molecule has 26 heavy (non-hydrogen) atoms. The fourth-order valence-electron chi connectivity index (χ4n) is 3.29. The molecule has 4 rings (SSSR count). The second-order valence-electron chi connectivity index (χ2n) is 6.15. The number of halogens is 2. The molecule has 0 spiro atoms. The number of aromatic nitrogens is 1. The summed E-state index contributed by atoms with van der Waals surface area (Å²) in [5, 5.41) is 10.6. The van der Waals surface area contributed by atoms with Crippen molar-refractivity contribution in [2.24, 2.45) is 5.73 Å². The van der Waals surface area contributed by atoms with E-state index in [1.165, 1.54) is 17.4 Å². The van der Waals surface area contributed by atoms with Gasteiger partial charge in [-0.2, -0.15) is 5.26 Å². The molecule has 2 aromatic heterocycles. The van der Waals surface area contributed by atoms with Crippen molar-refractivity contribution in [1.82, 2.24) is 4.98 Å². The summed E-state index contributed by atoms with van der Waals surface area (Å²) in [7, 11) is 0. The number of nitrogens with two attached hydrogens (primary N) is 1. The van der Waals surface area contributed by atoms with Crippen molar-refractivity contribution in [3.05, 3.63) is 67.7 Å². The molecule has 0 saturated carbocycles. The van der Waals surface area contributed by atoms with Crippen molar-refractivity contribution < 1.29 is 9.13 Å². The number of benzene rings is 1. The molecule has 1 aromatic carbocycles. The van der Waals surface area contributed by atoms with Crippen molar-refractivity contribution in [2.75, 3.05) is 0 Å². The van der Waals surface area contributed by atoms with Gasteiger partial charge >= 0.3 is 0 Å². The number of aryl methyl sites for hydroxylation is 2. The normalized spacial score (nSPS) is 16.3. The molecule has 7 heteroatoms. The van der Waals surface area contributed by atoms with E-state index in [0.717, 1.165) is 31.9 Å². The monoisotopic (exact) mass is 429 g/mol. The molecule has 0 amide bonds. The predicted molar refractivity (Wildman–Crippen MR) is 102 cm³/mol. The van der Waals surface area contributed by atoms with E-state index in [4.69, 9.17) is 10.5 Å². The van der Waals surface area contributed by atoms with Gasteiger partial charge in [0, 0.05) is 5.69 Å². The minimum atomic E-state index is -0.417. The zero-order valence-electron chi connectivity index (χ0n) is 13.9. The molecule has 0 bridgehead atoms. The van der Waals surface area contributed by atoms with Gasteiger partial charge in [0.25, 0.3) is 0 Å². The molecule has 0 aliphatic carbocycles. The Balaban J connectivity index is 2.03. The van der Waals surface area contributed by atoms with Gasteiger partial charge in [-0.1, -0.05) is 6.07 Å². The van der Waals surface area contributed by atoms with Crippen molar-refractivity contribution >= 4 is 37.5 Å². The minimum absolute atomic E-state index is 0.0742. The second-order valence-corrected chi connectivity index (χ2v) is 8.04. The first kappa shape index (κ1) is 17.0. The lowest BCUT2D eigenvalue weighted by Gasteiger charge is -2.24. The predicted octanol–water partition coefficient (Wildman–Crippen LogP) is 5.03. The van der Waals surface area contributed by atoms with Gasteiger partial charge in [0.05, 0.1) is 20.7 Å². The van der Waals surface area contributed by atoms with E-state index >= 15 is 0 Å². The summed E-state index contributed by atoms with van der Waals surface area (Å²) in [6.07, 6.45) is 0. The minimum Gasteiger partial charge on any atom is -0.439 e. The van der Waals surface area contributed by atoms with E-state index in [9.17, 15) is 9.65 Å². The summed E-state index contributed by atoms with van der Waals surface area (Å²) in [6, 6.07) is 8.86. The third-order valence-corrected chi connectivity index (χ3v) is 6.13. The van der Waals surface area contributed by atoms with E-state index in [-0.39, 0.29) is 11.7 Å². The van der Waals surface area contributed by atoms with Crippen LogP contribution in [0.3, 0.4) is 0 Å². The lowest BCUT2D eigenvalue weighted by Crippen LogP contribution is -2.19. The van der Waals surface area contributed by atoms with E-state index < -0.39 is 5.92 Å². The van der Waals surface area contributed by atoms with E-state index in [0.29, 0.717) is 15.8 Å². The highest BCUT2D eigenvalue weighted by Gasteiger charge is 2.35. The highest BCUT2D eigenvalue weighted by molar-refractivity contribution is 9.10. The zero-order chi connectivity index (χ0) is 18.6. The van der Waals surface area contributed by atoms with E-state index in [1.807, 2.05) is 19.9 Å². The molecule has 4 nitrogen and oxygen atoms in total. The number of nitrogens with zero attached hydrogens (tertiary/aromatic N) is 2. The van der Waals surface area contributed by atoms with Gasteiger partial charge in [-0.3, -0.25) is 0 Å². The standard InChI is InChI=1S/C19H13BrFN3OS/c1-8-5-9(2)24-19-14(8)16-17(26-19)15(11(7-22)18(23)25-16)10-3-4-13(21)12(20)6-10/h3-6,15H,23H2,1-2H3.